The quantitative estimate of drug-likeness (QED) is 0.617. The standard InChI is InChI=1S/C30H34N2O2/c1-31(2)27-16-10-9-11-22(27)19-29(34)32-20-25-26(21-32)30(18-17-28(25)33,23-12-5-3-6-13-23)24-14-7-4-8-15-24/h3-16,25-26,28,33H,17-21H2,1-2H3/t25-,26+,28+/m0/s1. The van der Waals surface area contributed by atoms with Crippen molar-refractivity contribution in [2.24, 2.45) is 11.8 Å². The third-order valence-electron chi connectivity index (χ3n) is 8.07. The van der Waals surface area contributed by atoms with Gasteiger partial charge in [-0.25, -0.2) is 0 Å². The summed E-state index contributed by atoms with van der Waals surface area (Å²) in [4.78, 5) is 17.6. The molecule has 4 heteroatoms. The van der Waals surface area contributed by atoms with Crippen LogP contribution in [0, 0.1) is 11.8 Å². The molecule has 1 amide bonds. The number of amides is 1. The number of anilines is 1. The van der Waals surface area contributed by atoms with E-state index in [1.807, 2.05) is 37.2 Å². The van der Waals surface area contributed by atoms with Gasteiger partial charge in [-0.1, -0.05) is 78.9 Å². The van der Waals surface area contributed by atoms with E-state index in [1.54, 1.807) is 0 Å². The van der Waals surface area contributed by atoms with Gasteiger partial charge in [0.25, 0.3) is 0 Å². The highest BCUT2D eigenvalue weighted by molar-refractivity contribution is 5.81. The largest absolute Gasteiger partial charge is 0.393 e. The van der Waals surface area contributed by atoms with Gasteiger partial charge < -0.3 is 14.9 Å². The number of fused-ring (bicyclic) bond motifs is 1. The van der Waals surface area contributed by atoms with Gasteiger partial charge in [0.05, 0.1) is 12.5 Å². The first-order valence-electron chi connectivity index (χ1n) is 12.3. The fourth-order valence-electron chi connectivity index (χ4n) is 6.44. The van der Waals surface area contributed by atoms with E-state index in [0.29, 0.717) is 19.5 Å². The van der Waals surface area contributed by atoms with E-state index >= 15 is 0 Å². The number of para-hydroxylation sites is 1. The lowest BCUT2D eigenvalue weighted by Gasteiger charge is -2.48. The summed E-state index contributed by atoms with van der Waals surface area (Å²) in [6.07, 6.45) is 1.64. The van der Waals surface area contributed by atoms with Crippen molar-refractivity contribution in [1.82, 2.24) is 4.90 Å². The zero-order chi connectivity index (χ0) is 23.7. The minimum absolute atomic E-state index is 0.0715. The van der Waals surface area contributed by atoms with Crippen LogP contribution in [0.4, 0.5) is 5.69 Å². The average Bonchev–Trinajstić information content (AvgIpc) is 3.33. The van der Waals surface area contributed by atoms with Crippen molar-refractivity contribution in [2.45, 2.75) is 30.8 Å². The highest BCUT2D eigenvalue weighted by Crippen LogP contribution is 2.53. The smallest absolute Gasteiger partial charge is 0.227 e. The van der Waals surface area contributed by atoms with Crippen molar-refractivity contribution in [2.75, 3.05) is 32.1 Å². The second-order valence-electron chi connectivity index (χ2n) is 10.1. The minimum Gasteiger partial charge on any atom is -0.393 e. The Kier molecular flexibility index (Phi) is 6.18. The van der Waals surface area contributed by atoms with Crippen LogP contribution >= 0.6 is 0 Å². The number of benzene rings is 3. The van der Waals surface area contributed by atoms with E-state index in [2.05, 4.69) is 71.6 Å². The number of hydrogen-bond acceptors (Lipinski definition) is 3. The summed E-state index contributed by atoms with van der Waals surface area (Å²) < 4.78 is 0. The second kappa shape index (κ2) is 9.27. The molecule has 3 atom stereocenters. The van der Waals surface area contributed by atoms with Crippen LogP contribution in [0.2, 0.25) is 0 Å². The number of likely N-dealkylation sites (tertiary alicyclic amines) is 1. The van der Waals surface area contributed by atoms with Gasteiger partial charge in [-0.15, -0.1) is 0 Å². The van der Waals surface area contributed by atoms with Gasteiger partial charge in [-0.05, 0) is 41.5 Å². The molecule has 5 rings (SSSR count). The van der Waals surface area contributed by atoms with Crippen molar-refractivity contribution >= 4 is 11.6 Å². The lowest BCUT2D eigenvalue weighted by atomic mass is 9.56. The van der Waals surface area contributed by atoms with E-state index in [-0.39, 0.29) is 29.3 Å². The Balaban J connectivity index is 1.49. The average molecular weight is 455 g/mol. The summed E-state index contributed by atoms with van der Waals surface area (Å²) in [6.45, 7) is 1.30. The maximum Gasteiger partial charge on any atom is 0.227 e. The number of hydrogen-bond donors (Lipinski definition) is 1. The van der Waals surface area contributed by atoms with E-state index < -0.39 is 0 Å². The molecule has 3 aromatic rings. The summed E-state index contributed by atoms with van der Waals surface area (Å²) in [5, 5.41) is 11.1. The van der Waals surface area contributed by atoms with Gasteiger partial charge in [0.15, 0.2) is 0 Å². The molecule has 0 bridgehead atoms. The normalized spacial score (nSPS) is 23.4. The van der Waals surface area contributed by atoms with Gasteiger partial charge in [0, 0.05) is 44.2 Å². The Hall–Kier alpha value is -3.11. The van der Waals surface area contributed by atoms with Crippen LogP contribution in [0.1, 0.15) is 29.5 Å². The topological polar surface area (TPSA) is 43.8 Å². The Bertz CT molecular complexity index is 1090. The molecular formula is C30H34N2O2. The lowest BCUT2D eigenvalue weighted by molar-refractivity contribution is -0.129. The van der Waals surface area contributed by atoms with Crippen LogP contribution in [0.25, 0.3) is 0 Å². The molecule has 0 unspecified atom stereocenters. The van der Waals surface area contributed by atoms with E-state index in [4.69, 9.17) is 0 Å². The van der Waals surface area contributed by atoms with E-state index in [9.17, 15) is 9.90 Å². The third-order valence-corrected chi connectivity index (χ3v) is 8.07. The van der Waals surface area contributed by atoms with Gasteiger partial charge >= 0.3 is 0 Å². The first-order chi connectivity index (χ1) is 16.5. The molecule has 0 aromatic heterocycles. The molecule has 1 aliphatic heterocycles. The molecule has 176 valence electrons. The fourth-order valence-corrected chi connectivity index (χ4v) is 6.44. The van der Waals surface area contributed by atoms with Crippen molar-refractivity contribution in [1.29, 1.82) is 0 Å². The number of aliphatic hydroxyl groups excluding tert-OH is 1. The van der Waals surface area contributed by atoms with Crippen LogP contribution in [-0.2, 0) is 16.6 Å². The molecule has 1 saturated heterocycles. The Labute approximate surface area is 202 Å². The number of carbonyl (C=O) groups is 1. The summed E-state index contributed by atoms with van der Waals surface area (Å²) in [6, 6.07) is 29.6. The molecule has 1 aliphatic carbocycles. The zero-order valence-electron chi connectivity index (χ0n) is 20.1. The summed E-state index contributed by atoms with van der Waals surface area (Å²) in [5.41, 5.74) is 4.50. The molecule has 0 spiro atoms. The number of rotatable bonds is 5. The highest BCUT2D eigenvalue weighted by atomic mass is 16.3. The second-order valence-corrected chi connectivity index (χ2v) is 10.1. The van der Waals surface area contributed by atoms with Crippen molar-refractivity contribution in [3.63, 3.8) is 0 Å². The summed E-state index contributed by atoms with van der Waals surface area (Å²) >= 11 is 0. The number of nitrogens with zero attached hydrogens (tertiary/aromatic N) is 2. The number of aliphatic hydroxyl groups is 1. The lowest BCUT2D eigenvalue weighted by Crippen LogP contribution is -2.48. The molecule has 2 aliphatic rings. The molecule has 1 N–H and O–H groups in total. The van der Waals surface area contributed by atoms with Crippen LogP contribution < -0.4 is 4.90 Å². The molecule has 2 fully saturated rings. The Morgan fingerprint density at radius 3 is 2.12 bits per heavy atom. The monoisotopic (exact) mass is 454 g/mol. The minimum atomic E-state index is -0.377. The molecule has 4 nitrogen and oxygen atoms in total. The molecule has 34 heavy (non-hydrogen) atoms. The highest BCUT2D eigenvalue weighted by Gasteiger charge is 2.55. The maximum absolute atomic E-state index is 13.5. The predicted molar refractivity (Wildman–Crippen MR) is 137 cm³/mol. The van der Waals surface area contributed by atoms with Gasteiger partial charge in [-0.3, -0.25) is 4.79 Å². The SMILES string of the molecule is CN(C)c1ccccc1CC(=O)N1C[C@@H]2[C@H](O)CCC(c3ccccc3)(c3ccccc3)[C@@H]2C1. The summed E-state index contributed by atoms with van der Waals surface area (Å²) in [5.74, 6) is 0.391. The molecule has 1 saturated carbocycles. The van der Waals surface area contributed by atoms with Crippen LogP contribution in [-0.4, -0.2) is 49.2 Å². The van der Waals surface area contributed by atoms with Crippen molar-refractivity contribution in [3.8, 4) is 0 Å². The number of carbonyl (C=O) groups excluding carboxylic acids is 1. The maximum atomic E-state index is 13.5. The van der Waals surface area contributed by atoms with E-state index in [1.165, 1.54) is 11.1 Å². The van der Waals surface area contributed by atoms with Crippen molar-refractivity contribution < 1.29 is 9.90 Å². The van der Waals surface area contributed by atoms with Gasteiger partial charge in [0.1, 0.15) is 0 Å². The van der Waals surface area contributed by atoms with Gasteiger partial charge in [-0.2, -0.15) is 0 Å². The zero-order valence-corrected chi connectivity index (χ0v) is 20.1. The summed E-state index contributed by atoms with van der Waals surface area (Å²) in [7, 11) is 4.02. The molecule has 3 aromatic carbocycles. The molecule has 0 radical (unpaired) electrons. The van der Waals surface area contributed by atoms with Gasteiger partial charge in [0.2, 0.25) is 5.91 Å². The van der Waals surface area contributed by atoms with Crippen LogP contribution in [0.3, 0.4) is 0 Å². The first kappa shape index (κ1) is 22.7. The molecule has 1 heterocycles. The van der Waals surface area contributed by atoms with Crippen LogP contribution in [0.5, 0.6) is 0 Å². The van der Waals surface area contributed by atoms with E-state index in [0.717, 1.165) is 24.1 Å². The predicted octanol–water partition coefficient (Wildman–Crippen LogP) is 4.51. The molecular weight excluding hydrogens is 420 g/mol. The Morgan fingerprint density at radius 1 is 0.912 bits per heavy atom. The fraction of sp³-hybridized carbons (Fsp3) is 0.367. The first-order valence-corrected chi connectivity index (χ1v) is 12.3. The van der Waals surface area contributed by atoms with Crippen molar-refractivity contribution in [3.05, 3.63) is 102 Å². The third kappa shape index (κ3) is 3.90. The van der Waals surface area contributed by atoms with Crippen LogP contribution in [0.15, 0.2) is 84.9 Å². The Morgan fingerprint density at radius 2 is 1.50 bits per heavy atom.